The van der Waals surface area contributed by atoms with Gasteiger partial charge in [0.2, 0.25) is 0 Å². The molecular formula is C16H22N2O2. The van der Waals surface area contributed by atoms with Gasteiger partial charge in [-0.1, -0.05) is 0 Å². The van der Waals surface area contributed by atoms with Gasteiger partial charge in [-0.3, -0.25) is 0 Å². The van der Waals surface area contributed by atoms with Gasteiger partial charge in [0.1, 0.15) is 5.75 Å². The van der Waals surface area contributed by atoms with Gasteiger partial charge in [0.25, 0.3) is 0 Å². The molecule has 2 heterocycles. The van der Waals surface area contributed by atoms with Gasteiger partial charge in [-0.2, -0.15) is 0 Å². The van der Waals surface area contributed by atoms with Crippen molar-refractivity contribution in [2.75, 3.05) is 0 Å². The number of aliphatic hydroxyl groups excluding tert-OH is 1. The van der Waals surface area contributed by atoms with Crippen LogP contribution in [0.25, 0.3) is 10.9 Å². The van der Waals surface area contributed by atoms with Crippen LogP contribution in [0.15, 0.2) is 18.2 Å². The number of rotatable bonds is 4. The number of aliphatic hydroxyl groups is 1. The van der Waals surface area contributed by atoms with Crippen LogP contribution in [0.5, 0.6) is 5.75 Å². The van der Waals surface area contributed by atoms with Crippen LogP contribution in [-0.2, 0) is 19.4 Å². The van der Waals surface area contributed by atoms with Gasteiger partial charge in [0.15, 0.2) is 6.29 Å². The summed E-state index contributed by atoms with van der Waals surface area (Å²) < 4.78 is 7.80. The molecule has 2 atom stereocenters. The minimum atomic E-state index is -0.793. The summed E-state index contributed by atoms with van der Waals surface area (Å²) in [5, 5.41) is 10.6. The van der Waals surface area contributed by atoms with E-state index < -0.39 is 6.29 Å². The van der Waals surface area contributed by atoms with Crippen molar-refractivity contribution in [1.82, 2.24) is 4.57 Å². The zero-order valence-corrected chi connectivity index (χ0v) is 12.1. The molecule has 3 N–H and O–H groups in total. The van der Waals surface area contributed by atoms with E-state index in [9.17, 15) is 5.11 Å². The van der Waals surface area contributed by atoms with Gasteiger partial charge < -0.3 is 20.1 Å². The molecule has 20 heavy (non-hydrogen) atoms. The van der Waals surface area contributed by atoms with Gasteiger partial charge >= 0.3 is 0 Å². The highest BCUT2D eigenvalue weighted by atomic mass is 16.6. The van der Waals surface area contributed by atoms with E-state index in [1.54, 1.807) is 6.92 Å². The molecule has 0 bridgehead atoms. The van der Waals surface area contributed by atoms with Crippen LogP contribution < -0.4 is 10.5 Å². The highest BCUT2D eigenvalue weighted by Gasteiger charge is 2.22. The molecule has 0 amide bonds. The second kappa shape index (κ2) is 5.11. The average Bonchev–Trinajstić information content (AvgIpc) is 2.92. The van der Waals surface area contributed by atoms with Crippen molar-refractivity contribution < 1.29 is 9.84 Å². The third-order valence-electron chi connectivity index (χ3n) is 3.89. The summed E-state index contributed by atoms with van der Waals surface area (Å²) in [6, 6.07) is 6.20. The van der Waals surface area contributed by atoms with E-state index in [1.807, 2.05) is 19.1 Å². The molecule has 1 aliphatic rings. The molecule has 108 valence electrons. The van der Waals surface area contributed by atoms with Crippen LogP contribution >= 0.6 is 0 Å². The Morgan fingerprint density at radius 3 is 2.90 bits per heavy atom. The Balaban J connectivity index is 2.12. The summed E-state index contributed by atoms with van der Waals surface area (Å²) in [6.45, 7) is 4.75. The number of hydrogen-bond acceptors (Lipinski definition) is 3. The summed E-state index contributed by atoms with van der Waals surface area (Å²) in [4.78, 5) is 0. The quantitative estimate of drug-likeness (QED) is 0.840. The molecule has 0 spiro atoms. The fraction of sp³-hybridized carbons (Fsp3) is 0.500. The molecule has 2 aromatic rings. The normalized spacial score (nSPS) is 17.2. The van der Waals surface area contributed by atoms with Gasteiger partial charge in [-0.25, -0.2) is 0 Å². The van der Waals surface area contributed by atoms with E-state index in [0.717, 1.165) is 19.4 Å². The largest absolute Gasteiger partial charge is 0.465 e. The van der Waals surface area contributed by atoms with Crippen molar-refractivity contribution in [2.24, 2.45) is 5.73 Å². The van der Waals surface area contributed by atoms with Crippen molar-refractivity contribution in [3.63, 3.8) is 0 Å². The SMILES string of the molecule is CC(N)Cc1c2n(c3ccc(O[C@@H](C)O)cc13)CCC2. The lowest BCUT2D eigenvalue weighted by Gasteiger charge is -2.10. The molecule has 0 saturated heterocycles. The second-order valence-corrected chi connectivity index (χ2v) is 5.76. The minimum absolute atomic E-state index is 0.146. The highest BCUT2D eigenvalue weighted by Crippen LogP contribution is 2.34. The first-order chi connectivity index (χ1) is 9.56. The summed E-state index contributed by atoms with van der Waals surface area (Å²) in [5.41, 5.74) is 10.0. The molecule has 1 unspecified atom stereocenters. The molecular weight excluding hydrogens is 252 g/mol. The third kappa shape index (κ3) is 2.30. The number of aryl methyl sites for hydroxylation is 1. The monoisotopic (exact) mass is 274 g/mol. The fourth-order valence-corrected chi connectivity index (χ4v) is 3.22. The van der Waals surface area contributed by atoms with Crippen molar-refractivity contribution in [2.45, 2.75) is 52.0 Å². The van der Waals surface area contributed by atoms with Gasteiger partial charge in [0.05, 0.1) is 0 Å². The molecule has 1 aromatic carbocycles. The molecule has 0 radical (unpaired) electrons. The number of ether oxygens (including phenoxy) is 1. The lowest BCUT2D eigenvalue weighted by atomic mass is 10.0. The number of benzene rings is 1. The van der Waals surface area contributed by atoms with Crippen molar-refractivity contribution in [3.05, 3.63) is 29.5 Å². The van der Waals surface area contributed by atoms with Crippen LogP contribution in [0.4, 0.5) is 0 Å². The first-order valence-electron chi connectivity index (χ1n) is 7.30. The van der Waals surface area contributed by atoms with Crippen molar-refractivity contribution in [3.8, 4) is 5.75 Å². The van der Waals surface area contributed by atoms with Crippen LogP contribution in [-0.4, -0.2) is 22.0 Å². The van der Waals surface area contributed by atoms with E-state index in [-0.39, 0.29) is 6.04 Å². The highest BCUT2D eigenvalue weighted by molar-refractivity contribution is 5.87. The zero-order valence-electron chi connectivity index (χ0n) is 12.1. The standard InChI is InChI=1S/C16H22N2O2/c1-10(17)8-13-14-9-12(20-11(2)19)5-6-16(14)18-7-3-4-15(13)18/h5-6,9-11,19H,3-4,7-8,17H2,1-2H3/t10?,11-/m0/s1. The Labute approximate surface area is 119 Å². The van der Waals surface area contributed by atoms with E-state index in [0.29, 0.717) is 5.75 Å². The smallest absolute Gasteiger partial charge is 0.194 e. The van der Waals surface area contributed by atoms with E-state index >= 15 is 0 Å². The van der Waals surface area contributed by atoms with E-state index in [4.69, 9.17) is 10.5 Å². The molecule has 1 aromatic heterocycles. The van der Waals surface area contributed by atoms with Crippen LogP contribution in [0.1, 0.15) is 31.5 Å². The van der Waals surface area contributed by atoms with Crippen LogP contribution in [0.2, 0.25) is 0 Å². The summed E-state index contributed by atoms with van der Waals surface area (Å²) in [5.74, 6) is 0.711. The molecule has 3 rings (SSSR count). The fourth-order valence-electron chi connectivity index (χ4n) is 3.22. The molecule has 0 fully saturated rings. The molecule has 4 nitrogen and oxygen atoms in total. The van der Waals surface area contributed by atoms with Gasteiger partial charge in [-0.15, -0.1) is 0 Å². The predicted molar refractivity (Wildman–Crippen MR) is 79.9 cm³/mol. The Bertz CT molecular complexity index is 629. The van der Waals surface area contributed by atoms with Crippen molar-refractivity contribution in [1.29, 1.82) is 0 Å². The Kier molecular flexibility index (Phi) is 3.44. The Hall–Kier alpha value is -1.52. The Morgan fingerprint density at radius 1 is 1.40 bits per heavy atom. The molecule has 0 aliphatic carbocycles. The van der Waals surface area contributed by atoms with Gasteiger partial charge in [0, 0.05) is 29.2 Å². The lowest BCUT2D eigenvalue weighted by molar-refractivity contribution is -0.000188. The van der Waals surface area contributed by atoms with Gasteiger partial charge in [-0.05, 0) is 56.9 Å². The predicted octanol–water partition coefficient (Wildman–Crippen LogP) is 2.19. The molecule has 1 aliphatic heterocycles. The van der Waals surface area contributed by atoms with Crippen LogP contribution in [0, 0.1) is 0 Å². The number of fused-ring (bicyclic) bond motifs is 3. The maximum Gasteiger partial charge on any atom is 0.194 e. The summed E-state index contributed by atoms with van der Waals surface area (Å²) >= 11 is 0. The van der Waals surface area contributed by atoms with E-state index in [2.05, 4.69) is 10.6 Å². The topological polar surface area (TPSA) is 60.4 Å². The number of nitrogens with zero attached hydrogens (tertiary/aromatic N) is 1. The first kappa shape index (κ1) is 13.5. The maximum atomic E-state index is 9.36. The van der Waals surface area contributed by atoms with Crippen LogP contribution in [0.3, 0.4) is 0 Å². The number of hydrogen-bond donors (Lipinski definition) is 2. The van der Waals surface area contributed by atoms with E-state index in [1.165, 1.54) is 28.6 Å². The van der Waals surface area contributed by atoms with Crippen molar-refractivity contribution >= 4 is 10.9 Å². The molecule has 4 heteroatoms. The minimum Gasteiger partial charge on any atom is -0.465 e. The third-order valence-corrected chi connectivity index (χ3v) is 3.89. The average molecular weight is 274 g/mol. The number of aromatic nitrogens is 1. The zero-order chi connectivity index (χ0) is 14.3. The maximum absolute atomic E-state index is 9.36. The second-order valence-electron chi connectivity index (χ2n) is 5.76. The number of nitrogens with two attached hydrogens (primary N) is 1. The summed E-state index contributed by atoms with van der Waals surface area (Å²) in [7, 11) is 0. The summed E-state index contributed by atoms with van der Waals surface area (Å²) in [6.07, 6.45) is 2.43. The molecule has 0 saturated carbocycles. The first-order valence-corrected chi connectivity index (χ1v) is 7.30. The Morgan fingerprint density at radius 2 is 2.20 bits per heavy atom. The lowest BCUT2D eigenvalue weighted by Crippen LogP contribution is -2.18.